The summed E-state index contributed by atoms with van der Waals surface area (Å²) in [6.07, 6.45) is 0. The van der Waals surface area contributed by atoms with Crippen LogP contribution in [0.3, 0.4) is 0 Å². The van der Waals surface area contributed by atoms with Gasteiger partial charge in [0.15, 0.2) is 0 Å². The summed E-state index contributed by atoms with van der Waals surface area (Å²) in [7, 11) is 0. The van der Waals surface area contributed by atoms with Gasteiger partial charge in [0.1, 0.15) is 0 Å². The second-order valence-electron chi connectivity index (χ2n) is 7.23. The van der Waals surface area contributed by atoms with Crippen molar-refractivity contribution in [2.75, 3.05) is 4.90 Å². The predicted molar refractivity (Wildman–Crippen MR) is 98.5 cm³/mol. The number of amides is 1. The molecule has 0 aromatic heterocycles. The van der Waals surface area contributed by atoms with Crippen molar-refractivity contribution < 1.29 is 9.59 Å². The van der Waals surface area contributed by atoms with Crippen LogP contribution in [0.2, 0.25) is 0 Å². The highest BCUT2D eigenvalue weighted by Gasteiger charge is 2.30. The van der Waals surface area contributed by atoms with Gasteiger partial charge < -0.3 is 4.90 Å². The Labute approximate surface area is 144 Å². The summed E-state index contributed by atoms with van der Waals surface area (Å²) in [5.41, 5.74) is 2.14. The summed E-state index contributed by atoms with van der Waals surface area (Å²) in [4.78, 5) is 27.2. The lowest BCUT2D eigenvalue weighted by molar-refractivity contribution is -0.115. The van der Waals surface area contributed by atoms with Crippen LogP contribution in [0, 0.1) is 0 Å². The molecule has 3 heteroatoms. The average molecular weight is 323 g/mol. The van der Waals surface area contributed by atoms with E-state index in [1.165, 1.54) is 0 Å². The summed E-state index contributed by atoms with van der Waals surface area (Å²) >= 11 is 0. The number of Topliss-reactive ketones (excluding diaryl/α,β-unsaturated/α-hetero) is 1. The smallest absolute Gasteiger partial charge is 0.299 e. The Morgan fingerprint density at radius 2 is 1.42 bits per heavy atom. The topological polar surface area (TPSA) is 37.4 Å². The number of benzene rings is 2. The molecular weight excluding hydrogens is 298 g/mol. The van der Waals surface area contributed by atoms with E-state index < -0.39 is 11.7 Å². The first kappa shape index (κ1) is 17.9. The fourth-order valence-electron chi connectivity index (χ4n) is 2.76. The molecule has 24 heavy (non-hydrogen) atoms. The normalized spacial score (nSPS) is 11.4. The van der Waals surface area contributed by atoms with E-state index in [0.29, 0.717) is 5.56 Å². The van der Waals surface area contributed by atoms with Crippen molar-refractivity contribution in [1.29, 1.82) is 0 Å². The third-order valence-electron chi connectivity index (χ3n) is 3.94. The zero-order valence-corrected chi connectivity index (χ0v) is 15.0. The van der Waals surface area contributed by atoms with Gasteiger partial charge in [-0.1, -0.05) is 69.3 Å². The molecule has 3 nitrogen and oxygen atoms in total. The van der Waals surface area contributed by atoms with Crippen molar-refractivity contribution in [3.8, 4) is 0 Å². The minimum atomic E-state index is -0.493. The summed E-state index contributed by atoms with van der Waals surface area (Å²) in [5, 5.41) is 0. The molecule has 0 spiro atoms. The molecule has 2 rings (SSSR count). The molecule has 0 aliphatic carbocycles. The number of para-hydroxylation sites is 1. The molecule has 1 amide bonds. The van der Waals surface area contributed by atoms with Crippen LogP contribution in [-0.2, 0) is 10.2 Å². The predicted octanol–water partition coefficient (Wildman–Crippen LogP) is 4.61. The maximum absolute atomic E-state index is 12.9. The minimum absolute atomic E-state index is 0.117. The summed E-state index contributed by atoms with van der Waals surface area (Å²) in [6.45, 7) is 10.2. The van der Waals surface area contributed by atoms with Gasteiger partial charge in [0, 0.05) is 17.3 Å². The van der Waals surface area contributed by atoms with Gasteiger partial charge >= 0.3 is 0 Å². The van der Waals surface area contributed by atoms with Gasteiger partial charge in [-0.15, -0.1) is 0 Å². The third-order valence-corrected chi connectivity index (χ3v) is 3.94. The second-order valence-corrected chi connectivity index (χ2v) is 7.23. The molecule has 0 saturated heterocycles. The van der Waals surface area contributed by atoms with Crippen molar-refractivity contribution in [2.24, 2.45) is 0 Å². The number of rotatable bonds is 4. The molecule has 0 bridgehead atoms. The zero-order valence-electron chi connectivity index (χ0n) is 15.0. The van der Waals surface area contributed by atoms with Crippen LogP contribution in [0.15, 0.2) is 54.6 Å². The highest BCUT2D eigenvalue weighted by atomic mass is 16.2. The van der Waals surface area contributed by atoms with Gasteiger partial charge in [0.25, 0.3) is 11.7 Å². The molecule has 0 radical (unpaired) electrons. The van der Waals surface area contributed by atoms with E-state index >= 15 is 0 Å². The number of hydrogen-bond acceptors (Lipinski definition) is 2. The number of anilines is 1. The van der Waals surface area contributed by atoms with E-state index in [1.807, 2.05) is 44.2 Å². The first-order chi connectivity index (χ1) is 11.2. The molecule has 2 aromatic rings. The Bertz CT molecular complexity index is 727. The molecule has 0 aliphatic rings. The van der Waals surface area contributed by atoms with E-state index in [-0.39, 0.29) is 11.5 Å². The summed E-state index contributed by atoms with van der Waals surface area (Å²) < 4.78 is 0. The van der Waals surface area contributed by atoms with E-state index in [1.54, 1.807) is 29.2 Å². The van der Waals surface area contributed by atoms with Crippen molar-refractivity contribution in [1.82, 2.24) is 0 Å². The number of nitrogens with zero attached hydrogens (tertiary/aromatic N) is 1. The largest absolute Gasteiger partial charge is 0.303 e. The Morgan fingerprint density at radius 1 is 0.875 bits per heavy atom. The van der Waals surface area contributed by atoms with E-state index in [0.717, 1.165) is 11.3 Å². The standard InChI is InChI=1S/C21H25NO2/c1-15(2)22(18-14-10-9-13-17(18)21(3,4)5)20(24)19(23)16-11-7-6-8-12-16/h6-15H,1-5H3. The fraction of sp³-hybridized carbons (Fsp3) is 0.333. The molecule has 126 valence electrons. The van der Waals surface area contributed by atoms with Gasteiger partial charge in [-0.05, 0) is 30.9 Å². The molecule has 0 heterocycles. The lowest BCUT2D eigenvalue weighted by Gasteiger charge is -2.32. The van der Waals surface area contributed by atoms with Gasteiger partial charge in [0.2, 0.25) is 0 Å². The van der Waals surface area contributed by atoms with E-state index in [2.05, 4.69) is 20.8 Å². The minimum Gasteiger partial charge on any atom is -0.303 e. The molecule has 0 unspecified atom stereocenters. The van der Waals surface area contributed by atoms with Crippen molar-refractivity contribution in [3.05, 3.63) is 65.7 Å². The fourth-order valence-corrected chi connectivity index (χ4v) is 2.76. The van der Waals surface area contributed by atoms with Crippen LogP contribution < -0.4 is 4.90 Å². The van der Waals surface area contributed by atoms with Crippen LogP contribution in [0.4, 0.5) is 5.69 Å². The lowest BCUT2D eigenvalue weighted by Crippen LogP contribution is -2.42. The first-order valence-electron chi connectivity index (χ1n) is 8.26. The van der Waals surface area contributed by atoms with Crippen molar-refractivity contribution in [2.45, 2.75) is 46.1 Å². The monoisotopic (exact) mass is 323 g/mol. The number of carbonyl (C=O) groups excluding carboxylic acids is 2. The van der Waals surface area contributed by atoms with Crippen molar-refractivity contribution >= 4 is 17.4 Å². The lowest BCUT2D eigenvalue weighted by atomic mass is 9.85. The van der Waals surface area contributed by atoms with Gasteiger partial charge in [0.05, 0.1) is 0 Å². The van der Waals surface area contributed by atoms with Crippen molar-refractivity contribution in [3.63, 3.8) is 0 Å². The average Bonchev–Trinajstić information content (AvgIpc) is 2.54. The molecule has 0 saturated carbocycles. The second kappa shape index (κ2) is 7.00. The van der Waals surface area contributed by atoms with Crippen LogP contribution in [-0.4, -0.2) is 17.7 Å². The highest BCUT2D eigenvalue weighted by Crippen LogP contribution is 2.33. The molecule has 0 N–H and O–H groups in total. The van der Waals surface area contributed by atoms with E-state index in [4.69, 9.17) is 0 Å². The molecule has 0 aliphatic heterocycles. The quantitative estimate of drug-likeness (QED) is 0.609. The van der Waals surface area contributed by atoms with Crippen LogP contribution in [0.25, 0.3) is 0 Å². The maximum Gasteiger partial charge on any atom is 0.299 e. The van der Waals surface area contributed by atoms with Crippen LogP contribution in [0.1, 0.15) is 50.5 Å². The Morgan fingerprint density at radius 3 is 1.96 bits per heavy atom. The number of hydrogen-bond donors (Lipinski definition) is 0. The summed E-state index contributed by atoms with van der Waals surface area (Å²) in [5.74, 6) is -0.971. The van der Waals surface area contributed by atoms with Gasteiger partial charge in [-0.25, -0.2) is 0 Å². The van der Waals surface area contributed by atoms with Gasteiger partial charge in [-0.2, -0.15) is 0 Å². The molecule has 2 aromatic carbocycles. The Balaban J connectivity index is 2.48. The van der Waals surface area contributed by atoms with Crippen LogP contribution in [0.5, 0.6) is 0 Å². The maximum atomic E-state index is 12.9. The third kappa shape index (κ3) is 3.73. The SMILES string of the molecule is CC(C)N(C(=O)C(=O)c1ccccc1)c1ccccc1C(C)(C)C. The molecular formula is C21H25NO2. The number of ketones is 1. The van der Waals surface area contributed by atoms with Gasteiger partial charge in [-0.3, -0.25) is 9.59 Å². The highest BCUT2D eigenvalue weighted by molar-refractivity contribution is 6.47. The molecule has 0 atom stereocenters. The Hall–Kier alpha value is -2.42. The first-order valence-corrected chi connectivity index (χ1v) is 8.26. The Kier molecular flexibility index (Phi) is 5.23. The molecule has 0 fully saturated rings. The number of carbonyl (C=O) groups is 2. The van der Waals surface area contributed by atoms with Crippen LogP contribution >= 0.6 is 0 Å². The zero-order chi connectivity index (χ0) is 17.9. The summed E-state index contributed by atoms with van der Waals surface area (Å²) in [6, 6.07) is 16.4. The van der Waals surface area contributed by atoms with E-state index in [9.17, 15) is 9.59 Å².